The van der Waals surface area contributed by atoms with Gasteiger partial charge in [-0.3, -0.25) is 0 Å². The number of anilines is 3. The normalized spacial score (nSPS) is 13.4. The molecule has 0 atom stereocenters. The fraction of sp³-hybridized carbons (Fsp3) is 0.143. The summed E-state index contributed by atoms with van der Waals surface area (Å²) in [6, 6.07) is 58.4. The number of hydrogen-bond acceptors (Lipinski definition) is 2. The van der Waals surface area contributed by atoms with Crippen molar-refractivity contribution in [1.29, 1.82) is 0 Å². The van der Waals surface area contributed by atoms with Crippen LogP contribution in [0.3, 0.4) is 0 Å². The number of thiophene rings is 1. The van der Waals surface area contributed by atoms with Crippen molar-refractivity contribution < 1.29 is 0 Å². The molecule has 9 rings (SSSR count). The number of para-hydroxylation sites is 1. The summed E-state index contributed by atoms with van der Waals surface area (Å²) >= 11 is 1.88. The molecule has 2 heteroatoms. The van der Waals surface area contributed by atoms with Crippen LogP contribution in [0.4, 0.5) is 17.1 Å². The monoisotopic (exact) mass is 675 g/mol. The lowest BCUT2D eigenvalue weighted by Gasteiger charge is -2.26. The summed E-state index contributed by atoms with van der Waals surface area (Å²) in [7, 11) is 0. The SMILES string of the molecule is CC(C)(C)c1ccc2c(c1)C(C)(C)c1ccc(-c3ccc(N(c4ccccc4)c4ccc(-c5cccc6c5sc5ccccc56)cc4)cc3)cc1-2. The van der Waals surface area contributed by atoms with Gasteiger partial charge in [0.15, 0.2) is 0 Å². The molecule has 1 aliphatic rings. The van der Waals surface area contributed by atoms with Gasteiger partial charge < -0.3 is 4.90 Å². The number of rotatable bonds is 5. The smallest absolute Gasteiger partial charge is 0.0462 e. The van der Waals surface area contributed by atoms with Gasteiger partial charge in [0.1, 0.15) is 0 Å². The van der Waals surface area contributed by atoms with E-state index < -0.39 is 0 Å². The van der Waals surface area contributed by atoms with Crippen LogP contribution in [0.25, 0.3) is 53.6 Å². The third-order valence-corrected chi connectivity index (χ3v) is 12.1. The second-order valence-corrected chi connectivity index (χ2v) is 16.5. The van der Waals surface area contributed by atoms with Crippen molar-refractivity contribution in [1.82, 2.24) is 0 Å². The molecule has 0 amide bonds. The minimum Gasteiger partial charge on any atom is -0.311 e. The molecule has 0 N–H and O–H groups in total. The minimum atomic E-state index is -0.0234. The van der Waals surface area contributed by atoms with Gasteiger partial charge in [0.25, 0.3) is 0 Å². The Kier molecular flexibility index (Phi) is 7.31. The van der Waals surface area contributed by atoms with Gasteiger partial charge >= 0.3 is 0 Å². The quantitative estimate of drug-likeness (QED) is 0.175. The topological polar surface area (TPSA) is 3.24 Å². The average molecular weight is 676 g/mol. The Morgan fingerprint density at radius 2 is 1.10 bits per heavy atom. The standard InChI is InChI=1S/C49H41NS/c1-48(2,3)35-23-28-40-43-30-34(22-29-44(43)49(4,5)45(40)31-35)32-18-24-37(25-19-32)50(36-12-7-6-8-13-36)38-26-20-33(21-27-38)39-15-11-16-42-41-14-9-10-17-46(41)51-47(39)42/h6-31H,1-5H3. The second-order valence-electron chi connectivity index (χ2n) is 15.4. The van der Waals surface area contributed by atoms with E-state index in [0.29, 0.717) is 0 Å². The molecule has 0 saturated carbocycles. The summed E-state index contributed by atoms with van der Waals surface area (Å²) in [5.41, 5.74) is 15.4. The van der Waals surface area contributed by atoms with Gasteiger partial charge in [-0.15, -0.1) is 11.3 Å². The summed E-state index contributed by atoms with van der Waals surface area (Å²) in [6.07, 6.45) is 0. The lowest BCUT2D eigenvalue weighted by atomic mass is 9.79. The first kappa shape index (κ1) is 31.5. The number of nitrogens with zero attached hydrogens (tertiary/aromatic N) is 1. The van der Waals surface area contributed by atoms with Crippen LogP contribution in [0.2, 0.25) is 0 Å². The largest absolute Gasteiger partial charge is 0.311 e. The molecule has 0 aliphatic heterocycles. The van der Waals surface area contributed by atoms with E-state index in [4.69, 9.17) is 0 Å². The van der Waals surface area contributed by atoms with Crippen molar-refractivity contribution in [2.75, 3.05) is 4.90 Å². The zero-order valence-corrected chi connectivity index (χ0v) is 30.7. The maximum atomic E-state index is 2.44. The number of fused-ring (bicyclic) bond motifs is 6. The van der Waals surface area contributed by atoms with Crippen LogP contribution in [-0.2, 0) is 10.8 Å². The van der Waals surface area contributed by atoms with Gasteiger partial charge in [-0.1, -0.05) is 144 Å². The van der Waals surface area contributed by atoms with Crippen LogP contribution >= 0.6 is 11.3 Å². The maximum absolute atomic E-state index is 2.44. The second kappa shape index (κ2) is 11.8. The van der Waals surface area contributed by atoms with Crippen molar-refractivity contribution in [3.05, 3.63) is 174 Å². The van der Waals surface area contributed by atoms with Crippen molar-refractivity contribution in [2.45, 2.75) is 45.4 Å². The third-order valence-electron chi connectivity index (χ3n) is 10.9. The molecule has 0 fully saturated rings. The van der Waals surface area contributed by atoms with Crippen LogP contribution < -0.4 is 4.90 Å². The average Bonchev–Trinajstić information content (AvgIpc) is 3.64. The van der Waals surface area contributed by atoms with Crippen LogP contribution in [0.5, 0.6) is 0 Å². The van der Waals surface area contributed by atoms with Gasteiger partial charge in [0.2, 0.25) is 0 Å². The van der Waals surface area contributed by atoms with E-state index in [2.05, 4.69) is 197 Å². The molecule has 1 heterocycles. The molecule has 1 nitrogen and oxygen atoms in total. The van der Waals surface area contributed by atoms with E-state index in [-0.39, 0.29) is 10.8 Å². The highest BCUT2D eigenvalue weighted by atomic mass is 32.1. The van der Waals surface area contributed by atoms with Gasteiger partial charge in [-0.05, 0) is 104 Å². The van der Waals surface area contributed by atoms with E-state index in [9.17, 15) is 0 Å². The van der Waals surface area contributed by atoms with E-state index in [0.717, 1.165) is 17.1 Å². The molecule has 248 valence electrons. The molecular formula is C49H41NS. The third kappa shape index (κ3) is 5.29. The Hall–Kier alpha value is -5.44. The highest BCUT2D eigenvalue weighted by Gasteiger charge is 2.36. The molecular weight excluding hydrogens is 635 g/mol. The molecule has 51 heavy (non-hydrogen) atoms. The Morgan fingerprint density at radius 1 is 0.471 bits per heavy atom. The molecule has 1 aliphatic carbocycles. The highest BCUT2D eigenvalue weighted by molar-refractivity contribution is 7.26. The van der Waals surface area contributed by atoms with Gasteiger partial charge in [0, 0.05) is 42.6 Å². The zero-order chi connectivity index (χ0) is 34.9. The van der Waals surface area contributed by atoms with Crippen LogP contribution in [0, 0.1) is 0 Å². The fourth-order valence-electron chi connectivity index (χ4n) is 7.99. The summed E-state index contributed by atoms with van der Waals surface area (Å²) in [4.78, 5) is 2.35. The van der Waals surface area contributed by atoms with Crippen molar-refractivity contribution in [2.24, 2.45) is 0 Å². The first-order valence-corrected chi connectivity index (χ1v) is 18.7. The van der Waals surface area contributed by atoms with Crippen LogP contribution in [0.15, 0.2) is 158 Å². The Labute approximate surface area is 305 Å². The van der Waals surface area contributed by atoms with Gasteiger partial charge in [-0.25, -0.2) is 0 Å². The first-order valence-electron chi connectivity index (χ1n) is 17.9. The highest BCUT2D eigenvalue weighted by Crippen LogP contribution is 2.51. The van der Waals surface area contributed by atoms with Gasteiger partial charge in [-0.2, -0.15) is 0 Å². The van der Waals surface area contributed by atoms with Crippen molar-refractivity contribution in [3.63, 3.8) is 0 Å². The molecule has 8 aromatic rings. The lowest BCUT2D eigenvalue weighted by molar-refractivity contribution is 0.584. The van der Waals surface area contributed by atoms with Crippen molar-refractivity contribution >= 4 is 48.6 Å². The summed E-state index contributed by atoms with van der Waals surface area (Å²) in [5.74, 6) is 0. The summed E-state index contributed by atoms with van der Waals surface area (Å²) < 4.78 is 2.67. The van der Waals surface area contributed by atoms with E-state index in [1.807, 2.05) is 11.3 Å². The Balaban J connectivity index is 1.06. The van der Waals surface area contributed by atoms with Crippen molar-refractivity contribution in [3.8, 4) is 33.4 Å². The van der Waals surface area contributed by atoms with E-state index in [1.165, 1.54) is 70.2 Å². The Morgan fingerprint density at radius 3 is 1.82 bits per heavy atom. The number of benzene rings is 7. The predicted molar refractivity (Wildman–Crippen MR) is 221 cm³/mol. The van der Waals surface area contributed by atoms with E-state index >= 15 is 0 Å². The molecule has 0 unspecified atom stereocenters. The summed E-state index contributed by atoms with van der Waals surface area (Å²) in [5, 5.41) is 2.66. The molecule has 0 radical (unpaired) electrons. The predicted octanol–water partition coefficient (Wildman–Crippen LogP) is 14.5. The molecule has 0 saturated heterocycles. The van der Waals surface area contributed by atoms with Gasteiger partial charge in [0.05, 0.1) is 0 Å². The lowest BCUT2D eigenvalue weighted by Crippen LogP contribution is -2.17. The van der Waals surface area contributed by atoms with Crippen LogP contribution in [0.1, 0.15) is 51.3 Å². The maximum Gasteiger partial charge on any atom is 0.0462 e. The van der Waals surface area contributed by atoms with E-state index in [1.54, 1.807) is 0 Å². The fourth-order valence-corrected chi connectivity index (χ4v) is 9.23. The first-order chi connectivity index (χ1) is 24.7. The minimum absolute atomic E-state index is 0.0234. The molecule has 7 aromatic carbocycles. The molecule has 0 bridgehead atoms. The zero-order valence-electron chi connectivity index (χ0n) is 29.9. The molecule has 0 spiro atoms. The number of hydrogen-bond donors (Lipinski definition) is 0. The summed E-state index contributed by atoms with van der Waals surface area (Å²) in [6.45, 7) is 11.6. The Bertz CT molecular complexity index is 2560. The molecule has 1 aromatic heterocycles. The van der Waals surface area contributed by atoms with Crippen LogP contribution in [-0.4, -0.2) is 0 Å².